The number of hydrogen-bond donors (Lipinski definition) is 0. The lowest BCUT2D eigenvalue weighted by Gasteiger charge is -2.14. The van der Waals surface area contributed by atoms with Gasteiger partial charge in [-0.3, -0.25) is 4.79 Å². The van der Waals surface area contributed by atoms with Gasteiger partial charge in [0.1, 0.15) is 0 Å². The van der Waals surface area contributed by atoms with E-state index in [2.05, 4.69) is 9.56 Å². The Morgan fingerprint density at radius 3 is 2.06 bits per heavy atom. The third-order valence-corrected chi connectivity index (χ3v) is 7.04. The summed E-state index contributed by atoms with van der Waals surface area (Å²) in [5.74, 6) is -0.648. The van der Waals surface area contributed by atoms with Crippen LogP contribution in [0.25, 0.3) is 11.3 Å². The Labute approximate surface area is 201 Å². The van der Waals surface area contributed by atoms with Crippen molar-refractivity contribution in [2.24, 2.45) is 4.99 Å². The van der Waals surface area contributed by atoms with Gasteiger partial charge in [-0.2, -0.15) is 4.99 Å². The van der Waals surface area contributed by atoms with Crippen molar-refractivity contribution >= 4 is 40.4 Å². The lowest BCUT2D eigenvalue weighted by Crippen LogP contribution is -2.20. The molecule has 1 aromatic heterocycles. The topological polar surface area (TPSA) is 34.4 Å². The van der Waals surface area contributed by atoms with E-state index in [4.69, 9.17) is 23.2 Å². The van der Waals surface area contributed by atoms with E-state index in [0.717, 1.165) is 27.3 Å². The van der Waals surface area contributed by atoms with Crippen molar-refractivity contribution in [1.29, 1.82) is 0 Å². The van der Waals surface area contributed by atoms with Crippen molar-refractivity contribution in [2.45, 2.75) is 26.3 Å². The first kappa shape index (κ1) is 22.5. The predicted molar refractivity (Wildman–Crippen MR) is 133 cm³/mol. The molecule has 3 aromatic carbocycles. The molecule has 0 aliphatic heterocycles. The lowest BCUT2D eigenvalue weighted by atomic mass is 9.91. The zero-order valence-electron chi connectivity index (χ0n) is 17.8. The molecular weight excluding hydrogens is 459 g/mol. The van der Waals surface area contributed by atoms with Crippen molar-refractivity contribution < 1.29 is 4.79 Å². The van der Waals surface area contributed by atoms with Gasteiger partial charge in [0.05, 0.1) is 21.7 Å². The zero-order valence-corrected chi connectivity index (χ0v) is 20.1. The highest BCUT2D eigenvalue weighted by Crippen LogP contribution is 2.31. The first-order chi connectivity index (χ1) is 15.5. The molecule has 0 aliphatic carbocycles. The fraction of sp³-hybridized carbons (Fsp3) is 0.154. The lowest BCUT2D eigenvalue weighted by molar-refractivity contribution is -0.118. The molecule has 32 heavy (non-hydrogen) atoms. The number of hydrogen-bond acceptors (Lipinski definition) is 2. The fourth-order valence-corrected chi connectivity index (χ4v) is 5.20. The Bertz CT molecular complexity index is 1270. The predicted octanol–water partition coefficient (Wildman–Crippen LogP) is 7.11. The summed E-state index contributed by atoms with van der Waals surface area (Å²) in [7, 11) is 0. The largest absolute Gasteiger partial charge is 0.316 e. The molecule has 1 amide bonds. The Morgan fingerprint density at radius 1 is 0.938 bits per heavy atom. The molecule has 0 aliphatic rings. The zero-order chi connectivity index (χ0) is 22.7. The highest BCUT2D eigenvalue weighted by atomic mass is 35.5. The smallest absolute Gasteiger partial charge is 0.260 e. The Kier molecular flexibility index (Phi) is 6.95. The van der Waals surface area contributed by atoms with E-state index < -0.39 is 5.92 Å². The third kappa shape index (κ3) is 4.58. The van der Waals surface area contributed by atoms with Gasteiger partial charge >= 0.3 is 0 Å². The van der Waals surface area contributed by atoms with Crippen molar-refractivity contribution in [3.05, 3.63) is 110 Å². The van der Waals surface area contributed by atoms with Gasteiger partial charge in [-0.25, -0.2) is 0 Å². The highest BCUT2D eigenvalue weighted by molar-refractivity contribution is 7.09. The van der Waals surface area contributed by atoms with Crippen LogP contribution in [-0.2, 0) is 11.3 Å². The first-order valence-electron chi connectivity index (χ1n) is 10.3. The minimum atomic E-state index is -0.460. The maximum Gasteiger partial charge on any atom is 0.260 e. The average Bonchev–Trinajstić information content (AvgIpc) is 3.11. The van der Waals surface area contributed by atoms with Crippen LogP contribution in [0, 0.1) is 6.92 Å². The van der Waals surface area contributed by atoms with E-state index in [1.807, 2.05) is 86.6 Å². The van der Waals surface area contributed by atoms with E-state index in [1.54, 1.807) is 6.07 Å². The molecule has 0 fully saturated rings. The molecule has 0 saturated carbocycles. The monoisotopic (exact) mass is 480 g/mol. The van der Waals surface area contributed by atoms with Crippen molar-refractivity contribution in [2.75, 3.05) is 0 Å². The molecule has 0 radical (unpaired) electrons. The molecule has 4 aromatic rings. The van der Waals surface area contributed by atoms with Crippen molar-refractivity contribution in [3.8, 4) is 11.3 Å². The van der Waals surface area contributed by atoms with Gasteiger partial charge in [0, 0.05) is 17.0 Å². The van der Waals surface area contributed by atoms with Gasteiger partial charge in [0.25, 0.3) is 5.91 Å². The normalized spacial score (nSPS) is 11.8. The summed E-state index contributed by atoms with van der Waals surface area (Å²) in [6.07, 6.45) is 0. The summed E-state index contributed by atoms with van der Waals surface area (Å²) < 4.78 is 2.06. The van der Waals surface area contributed by atoms with Gasteiger partial charge in [0.2, 0.25) is 0 Å². The van der Waals surface area contributed by atoms with E-state index in [1.165, 1.54) is 11.3 Å². The number of carbonyl (C=O) groups is 1. The number of thiazole rings is 1. The van der Waals surface area contributed by atoms with Crippen LogP contribution in [0.15, 0.2) is 83.9 Å². The van der Waals surface area contributed by atoms with Crippen LogP contribution in [0.1, 0.15) is 28.8 Å². The molecule has 0 atom stereocenters. The first-order valence-corrected chi connectivity index (χ1v) is 11.9. The van der Waals surface area contributed by atoms with Gasteiger partial charge < -0.3 is 4.57 Å². The van der Waals surface area contributed by atoms with Crippen molar-refractivity contribution in [1.82, 2.24) is 4.57 Å². The molecule has 0 saturated heterocycles. The van der Waals surface area contributed by atoms with Gasteiger partial charge in [-0.15, -0.1) is 11.3 Å². The number of aromatic nitrogens is 1. The van der Waals surface area contributed by atoms with E-state index in [9.17, 15) is 4.79 Å². The van der Waals surface area contributed by atoms with Crippen LogP contribution in [-0.4, -0.2) is 10.5 Å². The van der Waals surface area contributed by atoms with Crippen LogP contribution in [0.3, 0.4) is 0 Å². The van der Waals surface area contributed by atoms with Gasteiger partial charge in [-0.1, -0.05) is 89.9 Å². The standard InChI is InChI=1S/C26H22Cl2N2OS/c1-3-30-24(20-14-15-21(27)22(28)16-20)17(2)32-26(30)29-25(31)23(18-10-6-4-7-11-18)19-12-8-5-9-13-19/h4-16,23H,3H2,1-2H3. The summed E-state index contributed by atoms with van der Waals surface area (Å²) >= 11 is 13.9. The van der Waals surface area contributed by atoms with E-state index >= 15 is 0 Å². The molecule has 162 valence electrons. The highest BCUT2D eigenvalue weighted by Gasteiger charge is 2.23. The summed E-state index contributed by atoms with van der Waals surface area (Å²) in [6, 6.07) is 25.2. The second kappa shape index (κ2) is 9.86. The Morgan fingerprint density at radius 2 is 1.53 bits per heavy atom. The second-order valence-electron chi connectivity index (χ2n) is 7.37. The molecule has 4 rings (SSSR count). The van der Waals surface area contributed by atoms with Crippen LogP contribution < -0.4 is 4.80 Å². The van der Waals surface area contributed by atoms with E-state index in [-0.39, 0.29) is 5.91 Å². The number of benzene rings is 3. The number of rotatable bonds is 5. The van der Waals surface area contributed by atoms with Crippen molar-refractivity contribution in [3.63, 3.8) is 0 Å². The van der Waals surface area contributed by atoms with E-state index in [0.29, 0.717) is 21.4 Å². The second-order valence-corrected chi connectivity index (χ2v) is 9.36. The molecule has 6 heteroatoms. The third-order valence-electron chi connectivity index (χ3n) is 5.31. The summed E-state index contributed by atoms with van der Waals surface area (Å²) in [4.78, 5) is 19.9. The quantitative estimate of drug-likeness (QED) is 0.299. The fourth-order valence-electron chi connectivity index (χ4n) is 3.83. The number of aryl methyl sites for hydroxylation is 1. The molecule has 3 nitrogen and oxygen atoms in total. The number of carbonyl (C=O) groups excluding carboxylic acids is 1. The SMILES string of the molecule is CCn1c(-c2ccc(Cl)c(Cl)c2)c(C)sc1=NC(=O)C(c1ccccc1)c1ccccc1. The summed E-state index contributed by atoms with van der Waals surface area (Å²) in [5.41, 5.74) is 3.80. The average molecular weight is 481 g/mol. The molecule has 0 bridgehead atoms. The minimum absolute atomic E-state index is 0.188. The molecule has 0 unspecified atom stereocenters. The molecular formula is C26H22Cl2N2OS. The Hall–Kier alpha value is -2.66. The van der Waals surface area contributed by atoms with Crippen LogP contribution in [0.5, 0.6) is 0 Å². The number of amides is 1. The van der Waals surface area contributed by atoms with Crippen LogP contribution >= 0.6 is 34.5 Å². The molecule has 0 spiro atoms. The van der Waals surface area contributed by atoms with Gasteiger partial charge in [-0.05, 0) is 37.1 Å². The minimum Gasteiger partial charge on any atom is -0.316 e. The maximum atomic E-state index is 13.5. The summed E-state index contributed by atoms with van der Waals surface area (Å²) in [6.45, 7) is 4.75. The molecule has 1 heterocycles. The molecule has 0 N–H and O–H groups in total. The maximum absolute atomic E-state index is 13.5. The number of halogens is 2. The van der Waals surface area contributed by atoms with Gasteiger partial charge in [0.15, 0.2) is 4.80 Å². The van der Waals surface area contributed by atoms with Crippen LogP contribution in [0.2, 0.25) is 10.0 Å². The summed E-state index contributed by atoms with van der Waals surface area (Å²) in [5, 5.41) is 1.01. The van der Waals surface area contributed by atoms with Crippen LogP contribution in [0.4, 0.5) is 0 Å². The Balaban J connectivity index is 1.83. The number of nitrogens with zero attached hydrogens (tertiary/aromatic N) is 2.